The van der Waals surface area contributed by atoms with E-state index in [-0.39, 0.29) is 16.2 Å². The van der Waals surface area contributed by atoms with Crippen molar-refractivity contribution in [1.82, 2.24) is 0 Å². The molecule has 0 aliphatic carbocycles. The number of carbonyl (C=O) groups is 1. The summed E-state index contributed by atoms with van der Waals surface area (Å²) in [5, 5.41) is 17.7. The number of benzene rings is 1. The summed E-state index contributed by atoms with van der Waals surface area (Å²) in [5.74, 6) is -1.67. The fourth-order valence-corrected chi connectivity index (χ4v) is 1.60. The third-order valence-corrected chi connectivity index (χ3v) is 2.66. The highest BCUT2D eigenvalue weighted by Gasteiger charge is 2.12. The number of phenols is 1. The minimum absolute atomic E-state index is 0.213. The van der Waals surface area contributed by atoms with Crippen molar-refractivity contribution >= 4 is 15.8 Å². The summed E-state index contributed by atoms with van der Waals surface area (Å²) in [4.78, 5) is 10.3. The molecular formula is C8H8O5S. The first-order chi connectivity index (χ1) is 6.30. The number of carboxylic acids is 1. The molecule has 1 aromatic carbocycles. The van der Waals surface area contributed by atoms with Gasteiger partial charge in [0, 0.05) is 6.26 Å². The number of hydrogen-bond donors (Lipinski definition) is 2. The Hall–Kier alpha value is -1.56. The predicted octanol–water partition coefficient (Wildman–Crippen LogP) is 0.494. The molecule has 5 nitrogen and oxygen atoms in total. The lowest BCUT2D eigenvalue weighted by Gasteiger charge is -2.01. The van der Waals surface area contributed by atoms with E-state index in [2.05, 4.69) is 0 Å². The van der Waals surface area contributed by atoms with E-state index in [1.807, 2.05) is 0 Å². The minimum atomic E-state index is -3.50. The standard InChI is InChI=1S/C8H8O5S/c1-14(12,13)7-3-5(8(10)11)2-6(9)4-7/h2-4,9H,1H3,(H,10,11). The van der Waals surface area contributed by atoms with Gasteiger partial charge in [-0.2, -0.15) is 0 Å². The first kappa shape index (κ1) is 10.5. The van der Waals surface area contributed by atoms with Crippen LogP contribution in [0.2, 0.25) is 0 Å². The Bertz CT molecular complexity index is 475. The average Bonchev–Trinajstić information content (AvgIpc) is 2.01. The highest BCUT2D eigenvalue weighted by Crippen LogP contribution is 2.19. The molecule has 0 aliphatic rings. The van der Waals surface area contributed by atoms with E-state index in [1.54, 1.807) is 0 Å². The number of aromatic carboxylic acids is 1. The second-order valence-electron chi connectivity index (χ2n) is 2.79. The number of carboxylic acid groups (broad SMARTS) is 1. The van der Waals surface area contributed by atoms with Crippen LogP contribution < -0.4 is 0 Å². The molecule has 0 aliphatic heterocycles. The molecule has 0 saturated heterocycles. The van der Waals surface area contributed by atoms with Crippen molar-refractivity contribution in [1.29, 1.82) is 0 Å². The van der Waals surface area contributed by atoms with Crippen LogP contribution >= 0.6 is 0 Å². The smallest absolute Gasteiger partial charge is 0.335 e. The maximum absolute atomic E-state index is 11.1. The third kappa shape index (κ3) is 2.23. The lowest BCUT2D eigenvalue weighted by Crippen LogP contribution is -2.01. The normalized spacial score (nSPS) is 11.2. The molecule has 14 heavy (non-hydrogen) atoms. The Labute approximate surface area is 80.5 Å². The molecule has 0 radical (unpaired) electrons. The van der Waals surface area contributed by atoms with Crippen molar-refractivity contribution in [2.45, 2.75) is 4.90 Å². The van der Waals surface area contributed by atoms with Gasteiger partial charge in [0.05, 0.1) is 10.5 Å². The summed E-state index contributed by atoms with van der Waals surface area (Å²) in [7, 11) is -3.50. The maximum Gasteiger partial charge on any atom is 0.335 e. The van der Waals surface area contributed by atoms with Crippen molar-refractivity contribution in [2.75, 3.05) is 6.26 Å². The van der Waals surface area contributed by atoms with E-state index in [0.29, 0.717) is 0 Å². The van der Waals surface area contributed by atoms with Crippen LogP contribution in [-0.4, -0.2) is 30.9 Å². The monoisotopic (exact) mass is 216 g/mol. The fraction of sp³-hybridized carbons (Fsp3) is 0.125. The van der Waals surface area contributed by atoms with Crippen LogP contribution in [0.5, 0.6) is 5.75 Å². The molecule has 0 amide bonds. The van der Waals surface area contributed by atoms with Crippen LogP contribution in [0.15, 0.2) is 23.1 Å². The van der Waals surface area contributed by atoms with Crippen molar-refractivity contribution in [3.05, 3.63) is 23.8 Å². The lowest BCUT2D eigenvalue weighted by atomic mass is 10.2. The van der Waals surface area contributed by atoms with Crippen molar-refractivity contribution < 1.29 is 23.4 Å². The second-order valence-corrected chi connectivity index (χ2v) is 4.81. The molecule has 0 atom stereocenters. The third-order valence-electron chi connectivity index (χ3n) is 1.57. The summed E-state index contributed by atoms with van der Waals surface area (Å²) in [6.07, 6.45) is 0.938. The van der Waals surface area contributed by atoms with Crippen LogP contribution in [0.4, 0.5) is 0 Å². The van der Waals surface area contributed by atoms with Gasteiger partial charge in [-0.3, -0.25) is 0 Å². The zero-order valence-electron chi connectivity index (χ0n) is 7.26. The van der Waals surface area contributed by atoms with Crippen molar-refractivity contribution in [2.24, 2.45) is 0 Å². The molecule has 0 bridgehead atoms. The first-order valence-corrected chi connectivity index (χ1v) is 5.47. The second kappa shape index (κ2) is 3.30. The molecule has 0 spiro atoms. The molecule has 2 N–H and O–H groups in total. The van der Waals surface area contributed by atoms with Gasteiger partial charge in [-0.25, -0.2) is 13.2 Å². The SMILES string of the molecule is CS(=O)(=O)c1cc(O)cc(C(=O)O)c1. The zero-order chi connectivity index (χ0) is 10.9. The average molecular weight is 216 g/mol. The van der Waals surface area contributed by atoms with Gasteiger partial charge in [-0.15, -0.1) is 0 Å². The van der Waals surface area contributed by atoms with E-state index >= 15 is 0 Å². The molecular weight excluding hydrogens is 208 g/mol. The number of aromatic hydroxyl groups is 1. The van der Waals surface area contributed by atoms with Crippen LogP contribution in [0.3, 0.4) is 0 Å². The molecule has 0 fully saturated rings. The van der Waals surface area contributed by atoms with Crippen molar-refractivity contribution in [3.63, 3.8) is 0 Å². The molecule has 0 heterocycles. The maximum atomic E-state index is 11.1. The number of sulfone groups is 1. The highest BCUT2D eigenvalue weighted by atomic mass is 32.2. The molecule has 1 aromatic rings. The van der Waals surface area contributed by atoms with Gasteiger partial charge in [0.15, 0.2) is 9.84 Å². The Balaban J connectivity index is 3.43. The highest BCUT2D eigenvalue weighted by molar-refractivity contribution is 7.90. The molecule has 0 saturated carbocycles. The molecule has 1 rings (SSSR count). The van der Waals surface area contributed by atoms with Gasteiger partial charge in [-0.1, -0.05) is 0 Å². The first-order valence-electron chi connectivity index (χ1n) is 3.58. The number of rotatable bonds is 2. The van der Waals surface area contributed by atoms with Crippen LogP contribution in [0, 0.1) is 0 Å². The summed E-state index contributed by atoms with van der Waals surface area (Å²) in [5.41, 5.74) is -0.259. The van der Waals surface area contributed by atoms with Crippen molar-refractivity contribution in [3.8, 4) is 5.75 Å². The Kier molecular flexibility index (Phi) is 2.48. The number of phenolic OH excluding ortho intramolecular Hbond substituents is 1. The quantitative estimate of drug-likeness (QED) is 0.750. The van der Waals surface area contributed by atoms with Crippen LogP contribution in [0.1, 0.15) is 10.4 Å². The summed E-state index contributed by atoms with van der Waals surface area (Å²) in [6.45, 7) is 0. The molecule has 0 unspecified atom stereocenters. The molecule has 0 aromatic heterocycles. The zero-order valence-corrected chi connectivity index (χ0v) is 8.08. The van der Waals surface area contributed by atoms with E-state index in [9.17, 15) is 13.2 Å². The summed E-state index contributed by atoms with van der Waals surface area (Å²) >= 11 is 0. The van der Waals surface area contributed by atoms with Crippen LogP contribution in [0.25, 0.3) is 0 Å². The Morgan fingerprint density at radius 1 is 1.29 bits per heavy atom. The van der Waals surface area contributed by atoms with E-state index in [0.717, 1.165) is 24.5 Å². The fourth-order valence-electron chi connectivity index (χ4n) is 0.921. The molecule has 76 valence electrons. The molecule has 6 heteroatoms. The van der Waals surface area contributed by atoms with Gasteiger partial charge in [0.2, 0.25) is 0 Å². The minimum Gasteiger partial charge on any atom is -0.508 e. The number of hydrogen-bond acceptors (Lipinski definition) is 4. The van der Waals surface area contributed by atoms with Gasteiger partial charge in [-0.05, 0) is 18.2 Å². The van der Waals surface area contributed by atoms with E-state index < -0.39 is 15.8 Å². The summed E-state index contributed by atoms with van der Waals surface area (Å²) < 4.78 is 22.1. The van der Waals surface area contributed by atoms with Gasteiger partial charge < -0.3 is 10.2 Å². The predicted molar refractivity (Wildman–Crippen MR) is 48.2 cm³/mol. The topological polar surface area (TPSA) is 91.7 Å². The Morgan fingerprint density at radius 2 is 1.86 bits per heavy atom. The van der Waals surface area contributed by atoms with E-state index in [1.165, 1.54) is 0 Å². The largest absolute Gasteiger partial charge is 0.508 e. The van der Waals surface area contributed by atoms with Gasteiger partial charge in [0.1, 0.15) is 5.75 Å². The lowest BCUT2D eigenvalue weighted by molar-refractivity contribution is 0.0696. The van der Waals surface area contributed by atoms with Crippen LogP contribution in [-0.2, 0) is 9.84 Å². The summed E-state index contributed by atoms with van der Waals surface area (Å²) in [6, 6.07) is 2.98. The van der Waals surface area contributed by atoms with Gasteiger partial charge in [0.25, 0.3) is 0 Å². The Morgan fingerprint density at radius 3 is 2.29 bits per heavy atom. The van der Waals surface area contributed by atoms with E-state index in [4.69, 9.17) is 10.2 Å². The van der Waals surface area contributed by atoms with Gasteiger partial charge >= 0.3 is 5.97 Å².